The molecule has 1 saturated carbocycles. The Morgan fingerprint density at radius 3 is 2.95 bits per heavy atom. The minimum absolute atomic E-state index is 0.536. The Morgan fingerprint density at radius 1 is 1.40 bits per heavy atom. The summed E-state index contributed by atoms with van der Waals surface area (Å²) in [5, 5.41) is 1.50. The van der Waals surface area contributed by atoms with Crippen LogP contribution in [0.2, 0.25) is 5.02 Å². The highest BCUT2D eigenvalue weighted by Crippen LogP contribution is 2.39. The van der Waals surface area contributed by atoms with Crippen LogP contribution >= 0.6 is 35.0 Å². The van der Waals surface area contributed by atoms with Crippen LogP contribution in [0.1, 0.15) is 31.1 Å². The van der Waals surface area contributed by atoms with Gasteiger partial charge in [0.15, 0.2) is 0 Å². The van der Waals surface area contributed by atoms with Gasteiger partial charge in [-0.15, -0.1) is 11.6 Å². The van der Waals surface area contributed by atoms with Gasteiger partial charge in [-0.3, -0.25) is 0 Å². The zero-order chi connectivity index (χ0) is 14.1. The lowest BCUT2D eigenvalue weighted by molar-refractivity contribution is 0.514. The fourth-order valence-electron chi connectivity index (χ4n) is 3.17. The zero-order valence-corrected chi connectivity index (χ0v) is 13.8. The lowest BCUT2D eigenvalue weighted by Crippen LogP contribution is -2.10. The monoisotopic (exact) mass is 328 g/mol. The molecule has 2 unspecified atom stereocenters. The molecule has 1 aliphatic carbocycles. The van der Waals surface area contributed by atoms with Crippen LogP contribution in [0.25, 0.3) is 11.0 Å². The number of rotatable bonds is 4. The van der Waals surface area contributed by atoms with Crippen molar-refractivity contribution in [1.82, 2.24) is 9.55 Å². The maximum Gasteiger partial charge on any atom is 0.111 e. The van der Waals surface area contributed by atoms with Crippen molar-refractivity contribution in [2.75, 3.05) is 12.1 Å². The zero-order valence-electron chi connectivity index (χ0n) is 11.5. The summed E-state index contributed by atoms with van der Waals surface area (Å²) < 4.78 is 2.39. The molecule has 0 N–H and O–H groups in total. The van der Waals surface area contributed by atoms with E-state index in [0.717, 1.165) is 33.6 Å². The van der Waals surface area contributed by atoms with Crippen LogP contribution in [0, 0.1) is 0 Å². The highest BCUT2D eigenvalue weighted by atomic mass is 35.5. The van der Waals surface area contributed by atoms with Crippen LogP contribution in [0.4, 0.5) is 0 Å². The van der Waals surface area contributed by atoms with Gasteiger partial charge >= 0.3 is 0 Å². The van der Waals surface area contributed by atoms with Gasteiger partial charge in [0.05, 0.1) is 10.5 Å². The number of nitrogens with zero attached hydrogens (tertiary/aromatic N) is 2. The highest BCUT2D eigenvalue weighted by Gasteiger charge is 2.28. The molecule has 0 spiro atoms. The van der Waals surface area contributed by atoms with Gasteiger partial charge in [0.2, 0.25) is 0 Å². The Bertz CT molecular complexity index is 611. The van der Waals surface area contributed by atoms with Crippen molar-refractivity contribution >= 4 is 46.0 Å². The molecule has 1 aromatic heterocycles. The van der Waals surface area contributed by atoms with Crippen molar-refractivity contribution in [2.45, 2.75) is 37.0 Å². The number of aryl methyl sites for hydroxylation is 1. The third kappa shape index (κ3) is 2.56. The van der Waals surface area contributed by atoms with E-state index >= 15 is 0 Å². The second-order valence-corrected chi connectivity index (χ2v) is 7.19. The molecule has 0 aliphatic heterocycles. The lowest BCUT2D eigenvalue weighted by Gasteiger charge is -2.16. The summed E-state index contributed by atoms with van der Waals surface area (Å²) >= 11 is 14.2. The molecule has 3 rings (SSSR count). The number of thioether (sulfide) groups is 1. The summed E-state index contributed by atoms with van der Waals surface area (Å²) in [5.41, 5.74) is 2.08. The summed E-state index contributed by atoms with van der Waals surface area (Å²) in [7, 11) is 0. The number of para-hydroxylation sites is 1. The molecule has 2 aromatic rings. The van der Waals surface area contributed by atoms with E-state index < -0.39 is 0 Å². The van der Waals surface area contributed by atoms with Crippen LogP contribution in [-0.2, 0) is 6.42 Å². The number of imidazole rings is 1. The number of alkyl halides is 1. The first-order chi connectivity index (χ1) is 9.74. The van der Waals surface area contributed by atoms with Gasteiger partial charge in [0.1, 0.15) is 11.3 Å². The Labute approximate surface area is 133 Å². The average molecular weight is 329 g/mol. The maximum atomic E-state index is 6.29. The second-order valence-electron chi connectivity index (χ2n) is 5.27. The molecule has 0 bridgehead atoms. The quantitative estimate of drug-likeness (QED) is 0.740. The van der Waals surface area contributed by atoms with E-state index in [1.807, 2.05) is 23.9 Å². The van der Waals surface area contributed by atoms with Gasteiger partial charge in [-0.2, -0.15) is 11.8 Å². The number of hydrogen-bond acceptors (Lipinski definition) is 2. The molecule has 2 atom stereocenters. The van der Waals surface area contributed by atoms with Crippen LogP contribution in [0.3, 0.4) is 0 Å². The standard InChI is InChI=1S/C15H18Cl2N2S/c1-20-11-6-5-10(9-11)19-13-4-2-3-12(17)15(13)18-14(19)7-8-16/h2-4,10-11H,5-9H2,1H3. The Hall–Kier alpha value is -0.380. The van der Waals surface area contributed by atoms with E-state index in [4.69, 9.17) is 28.2 Å². The maximum absolute atomic E-state index is 6.29. The normalized spacial score (nSPS) is 22.8. The molecule has 0 amide bonds. The van der Waals surface area contributed by atoms with Gasteiger partial charge in [0.25, 0.3) is 0 Å². The fourth-order valence-corrected chi connectivity index (χ4v) is 4.33. The first-order valence-corrected chi connectivity index (χ1v) is 9.18. The second kappa shape index (κ2) is 6.17. The van der Waals surface area contributed by atoms with Gasteiger partial charge < -0.3 is 4.57 Å². The third-order valence-corrected chi connectivity index (χ3v) is 5.71. The van der Waals surface area contributed by atoms with Gasteiger partial charge in [-0.05, 0) is 37.7 Å². The van der Waals surface area contributed by atoms with Gasteiger partial charge in [0, 0.05) is 23.6 Å². The molecule has 1 heterocycles. The van der Waals surface area contributed by atoms with Crippen molar-refractivity contribution in [3.05, 3.63) is 29.0 Å². The van der Waals surface area contributed by atoms with E-state index in [-0.39, 0.29) is 0 Å². The van der Waals surface area contributed by atoms with Crippen LogP contribution in [0.5, 0.6) is 0 Å². The number of fused-ring (bicyclic) bond motifs is 1. The Balaban J connectivity index is 2.07. The predicted octanol–water partition coefficient (Wildman–Crippen LogP) is 4.93. The Morgan fingerprint density at radius 2 is 2.25 bits per heavy atom. The Kier molecular flexibility index (Phi) is 4.49. The van der Waals surface area contributed by atoms with E-state index in [0.29, 0.717) is 11.9 Å². The largest absolute Gasteiger partial charge is 0.325 e. The van der Waals surface area contributed by atoms with E-state index in [1.165, 1.54) is 19.3 Å². The first-order valence-electron chi connectivity index (χ1n) is 6.98. The number of halogens is 2. The average Bonchev–Trinajstić information content (AvgIpc) is 3.03. The molecule has 2 nitrogen and oxygen atoms in total. The topological polar surface area (TPSA) is 17.8 Å². The summed E-state index contributed by atoms with van der Waals surface area (Å²) in [6.07, 6.45) is 6.72. The van der Waals surface area contributed by atoms with E-state index in [9.17, 15) is 0 Å². The minimum atomic E-state index is 0.536. The molecule has 20 heavy (non-hydrogen) atoms. The lowest BCUT2D eigenvalue weighted by atomic mass is 10.2. The molecule has 1 aliphatic rings. The summed E-state index contributed by atoms with van der Waals surface area (Å²) in [4.78, 5) is 4.74. The van der Waals surface area contributed by atoms with Crippen LogP contribution < -0.4 is 0 Å². The van der Waals surface area contributed by atoms with Crippen molar-refractivity contribution in [3.63, 3.8) is 0 Å². The third-order valence-electron chi connectivity index (χ3n) is 4.12. The number of hydrogen-bond donors (Lipinski definition) is 0. The molecular formula is C15H18Cl2N2S. The molecule has 0 radical (unpaired) electrons. The van der Waals surface area contributed by atoms with Crippen molar-refractivity contribution in [1.29, 1.82) is 0 Å². The highest BCUT2D eigenvalue weighted by molar-refractivity contribution is 7.99. The molecule has 1 fully saturated rings. The molecule has 1 aromatic carbocycles. The van der Waals surface area contributed by atoms with Crippen LogP contribution in [-0.4, -0.2) is 26.9 Å². The fraction of sp³-hybridized carbons (Fsp3) is 0.533. The summed E-state index contributed by atoms with van der Waals surface area (Å²) in [6, 6.07) is 6.58. The number of benzene rings is 1. The minimum Gasteiger partial charge on any atom is -0.325 e. The van der Waals surface area contributed by atoms with Crippen LogP contribution in [0.15, 0.2) is 18.2 Å². The SMILES string of the molecule is CSC1CCC(n2c(CCCl)nc3c(Cl)cccc32)C1. The molecule has 5 heteroatoms. The summed E-state index contributed by atoms with van der Waals surface area (Å²) in [6.45, 7) is 0. The van der Waals surface area contributed by atoms with E-state index in [2.05, 4.69) is 16.9 Å². The molecular weight excluding hydrogens is 311 g/mol. The van der Waals surface area contributed by atoms with E-state index in [1.54, 1.807) is 0 Å². The van der Waals surface area contributed by atoms with Gasteiger partial charge in [-0.1, -0.05) is 17.7 Å². The smallest absolute Gasteiger partial charge is 0.111 e. The van der Waals surface area contributed by atoms with Gasteiger partial charge in [-0.25, -0.2) is 4.98 Å². The number of aromatic nitrogens is 2. The molecule has 0 saturated heterocycles. The van der Waals surface area contributed by atoms with Crippen molar-refractivity contribution < 1.29 is 0 Å². The first kappa shape index (κ1) is 14.6. The van der Waals surface area contributed by atoms with Crippen molar-refractivity contribution in [3.8, 4) is 0 Å². The molecule has 108 valence electrons. The predicted molar refractivity (Wildman–Crippen MR) is 89.4 cm³/mol. The summed E-state index contributed by atoms with van der Waals surface area (Å²) in [5.74, 6) is 1.68. The van der Waals surface area contributed by atoms with Crippen molar-refractivity contribution in [2.24, 2.45) is 0 Å².